The third-order valence-corrected chi connectivity index (χ3v) is 11.4. The van der Waals surface area contributed by atoms with E-state index in [1.807, 2.05) is 0 Å². The lowest BCUT2D eigenvalue weighted by atomic mass is 10.0. The molecule has 2 saturated heterocycles. The van der Waals surface area contributed by atoms with Gasteiger partial charge in [-0.05, 0) is 24.1 Å². The molecule has 4 aromatic heterocycles. The first-order valence-electron chi connectivity index (χ1n) is 13.7. The summed E-state index contributed by atoms with van der Waals surface area (Å²) in [4.78, 5) is 56.9. The van der Waals surface area contributed by atoms with Crippen molar-refractivity contribution in [3.8, 4) is 0 Å². The zero-order chi connectivity index (χ0) is 32.3. The average Bonchev–Trinajstić information content (AvgIpc) is 3.25. The maximum Gasteiger partial charge on any atom is 0.472 e. The van der Waals surface area contributed by atoms with Gasteiger partial charge in [-0.2, -0.15) is 4.98 Å². The minimum Gasteiger partial charge on any atom is -0.388 e. The number of hydrogen-bond donors (Lipinski definition) is 6. The fourth-order valence-electron chi connectivity index (χ4n) is 6.79. The molecule has 8 rings (SSSR count). The van der Waals surface area contributed by atoms with Gasteiger partial charge in [-0.25, -0.2) is 28.9 Å². The van der Waals surface area contributed by atoms with Crippen molar-refractivity contribution in [2.45, 2.75) is 49.3 Å². The number of aromatic amines is 1. The molecular weight excluding hydrogens is 677 g/mol. The van der Waals surface area contributed by atoms with E-state index >= 15 is 4.39 Å². The van der Waals surface area contributed by atoms with Crippen molar-refractivity contribution in [1.82, 2.24) is 39.0 Å². The summed E-state index contributed by atoms with van der Waals surface area (Å²) >= 11 is 5.26. The first-order chi connectivity index (χ1) is 21.8. The summed E-state index contributed by atoms with van der Waals surface area (Å²) in [5.41, 5.74) is 10.1. The van der Waals surface area contributed by atoms with Crippen molar-refractivity contribution >= 4 is 60.4 Å². The highest BCUT2D eigenvalue weighted by Crippen LogP contribution is 2.72. The van der Waals surface area contributed by atoms with E-state index in [0.29, 0.717) is 0 Å². The average molecular weight is 703 g/mol. The molecule has 1 spiro atoms. The van der Waals surface area contributed by atoms with Crippen molar-refractivity contribution in [2.75, 3.05) is 24.7 Å². The quantitative estimate of drug-likeness (QED) is 0.142. The Morgan fingerprint density at radius 2 is 1.85 bits per heavy atom. The Kier molecular flexibility index (Phi) is 6.75. The van der Waals surface area contributed by atoms with Crippen molar-refractivity contribution in [1.29, 1.82) is 0 Å². The highest BCUT2D eigenvalue weighted by molar-refractivity contribution is 8.07. The van der Waals surface area contributed by atoms with Crippen LogP contribution in [-0.2, 0) is 39.2 Å². The fourth-order valence-corrected chi connectivity index (χ4v) is 9.29. The molecule has 2 aliphatic heterocycles. The number of H-pyrrole nitrogens is 1. The van der Waals surface area contributed by atoms with Gasteiger partial charge in [0.1, 0.15) is 36.3 Å². The van der Waals surface area contributed by atoms with E-state index in [4.69, 9.17) is 46.1 Å². The van der Waals surface area contributed by atoms with Gasteiger partial charge < -0.3 is 40.2 Å². The normalized spacial score (nSPS) is 41.0. The Morgan fingerprint density at radius 1 is 1.09 bits per heavy atom. The van der Waals surface area contributed by atoms with Crippen LogP contribution >= 0.6 is 14.5 Å². The van der Waals surface area contributed by atoms with Crippen LogP contribution < -0.4 is 17.0 Å². The number of nitrogens with two attached hydrogens (primary N) is 2. The maximum atomic E-state index is 16.1. The number of hydrogen-bond acceptors (Lipinski definition) is 16. The molecule has 8 N–H and O–H groups in total. The number of anilines is 2. The first kappa shape index (κ1) is 30.3. The molecule has 46 heavy (non-hydrogen) atoms. The molecule has 24 heteroatoms. The summed E-state index contributed by atoms with van der Waals surface area (Å²) in [7, 11) is -4.98. The number of halogens is 1. The number of rotatable bonds is 2. The molecule has 4 aromatic rings. The van der Waals surface area contributed by atoms with E-state index in [1.165, 1.54) is 21.8 Å². The van der Waals surface area contributed by atoms with Crippen molar-refractivity contribution in [3.05, 3.63) is 29.3 Å². The number of nitrogen functional groups attached to an aromatic ring is 2. The van der Waals surface area contributed by atoms with E-state index < -0.39 is 87.5 Å². The van der Waals surface area contributed by atoms with Gasteiger partial charge in [0.05, 0.1) is 31.9 Å². The number of fused-ring (bicyclic) bond motifs is 3. The van der Waals surface area contributed by atoms with Gasteiger partial charge in [0, 0.05) is 5.41 Å². The molecule has 246 valence electrons. The number of nitrogens with zero attached hydrogens (tertiary/aromatic N) is 7. The highest BCUT2D eigenvalue weighted by Gasteiger charge is 2.74. The van der Waals surface area contributed by atoms with Crippen molar-refractivity contribution in [2.24, 2.45) is 11.3 Å². The summed E-state index contributed by atoms with van der Waals surface area (Å²) in [6.07, 6.45) is -5.47. The van der Waals surface area contributed by atoms with Crippen LogP contribution in [0.1, 0.15) is 18.7 Å². The molecule has 0 radical (unpaired) electrons. The lowest BCUT2D eigenvalue weighted by Gasteiger charge is -2.32. The summed E-state index contributed by atoms with van der Waals surface area (Å²) in [6.45, 7) is -5.39. The standard InChI is InChI=1S/C22H25FN10O10P2S/c23-9-14-8(41-20(9)33-6-28-10-16(24)26-4-27-17(10)33)2-39-44(36,37)43-15-13(34)12(7-1-22(7,15)3-40-45(38,46)42-14)32-5-29-11-18(32)30-21(25)31-19(11)35/h4-9,12-15,20,34H,1-3H2,(H,36,37)(H,38,46)(H2,24,26,27)(H3,25,30,31,35)/t7-,8-,9-,12-,13+,14-,15+,20-,22?,45?/m1/s1. The predicted octanol–water partition coefficient (Wildman–Crippen LogP) is -0.584. The number of phosphoric ester groups is 1. The van der Waals surface area contributed by atoms with E-state index in [9.17, 15) is 24.3 Å². The van der Waals surface area contributed by atoms with Gasteiger partial charge in [0.15, 0.2) is 35.0 Å². The summed E-state index contributed by atoms with van der Waals surface area (Å²) in [5.74, 6) is -0.645. The number of aromatic nitrogens is 8. The Hall–Kier alpha value is -3.01. The number of aliphatic hydroxyl groups is 1. The lowest BCUT2D eigenvalue weighted by molar-refractivity contribution is -0.0637. The fraction of sp³-hybridized carbons (Fsp3) is 0.545. The first-order valence-corrected chi connectivity index (χ1v) is 17.8. The van der Waals surface area contributed by atoms with E-state index in [0.717, 1.165) is 6.33 Å². The molecular formula is C22H25FN10O10P2S. The molecule has 4 aliphatic rings. The number of alkyl halides is 1. The Bertz CT molecular complexity index is 2050. The van der Waals surface area contributed by atoms with Crippen LogP contribution in [0.2, 0.25) is 0 Å². The number of nitrogens with one attached hydrogen (secondary N) is 1. The summed E-state index contributed by atoms with van der Waals surface area (Å²) in [5, 5.41) is 11.5. The molecule has 3 unspecified atom stereocenters. The topological polar surface area (TPSA) is 283 Å². The van der Waals surface area contributed by atoms with Crippen LogP contribution in [-0.4, -0.2) is 97.7 Å². The van der Waals surface area contributed by atoms with Crippen molar-refractivity contribution in [3.63, 3.8) is 0 Å². The van der Waals surface area contributed by atoms with Gasteiger partial charge >= 0.3 is 14.5 Å². The lowest BCUT2D eigenvalue weighted by Crippen LogP contribution is -2.39. The Morgan fingerprint density at radius 3 is 2.65 bits per heavy atom. The largest absolute Gasteiger partial charge is 0.472 e. The number of aliphatic hydroxyl groups excluding tert-OH is 1. The smallest absolute Gasteiger partial charge is 0.388 e. The van der Waals surface area contributed by atoms with Gasteiger partial charge in [-0.3, -0.25) is 27.9 Å². The minimum atomic E-state index is -4.98. The second kappa shape index (κ2) is 10.2. The van der Waals surface area contributed by atoms with Crippen LogP contribution in [0.15, 0.2) is 23.8 Å². The molecule has 6 heterocycles. The summed E-state index contributed by atoms with van der Waals surface area (Å²) < 4.78 is 60.0. The predicted molar refractivity (Wildman–Crippen MR) is 155 cm³/mol. The van der Waals surface area contributed by atoms with Gasteiger partial charge in [0.25, 0.3) is 5.56 Å². The monoisotopic (exact) mass is 702 g/mol. The van der Waals surface area contributed by atoms with Gasteiger partial charge in [-0.15, -0.1) is 0 Å². The third-order valence-electron chi connectivity index (χ3n) is 8.92. The number of ether oxygens (including phenoxy) is 1. The van der Waals surface area contributed by atoms with E-state index in [-0.39, 0.29) is 40.5 Å². The molecule has 20 nitrogen and oxygen atoms in total. The van der Waals surface area contributed by atoms with Crippen LogP contribution in [0, 0.1) is 11.3 Å². The zero-order valence-electron chi connectivity index (χ0n) is 23.1. The third kappa shape index (κ3) is 4.63. The Balaban J connectivity index is 1.11. The Labute approximate surface area is 260 Å². The van der Waals surface area contributed by atoms with Crippen LogP contribution in [0.5, 0.6) is 0 Å². The maximum absolute atomic E-state index is 16.1. The van der Waals surface area contributed by atoms with Crippen LogP contribution in [0.4, 0.5) is 16.2 Å². The zero-order valence-corrected chi connectivity index (χ0v) is 25.7. The molecule has 4 fully saturated rings. The molecule has 0 aromatic carbocycles. The SMILES string of the molecule is Nc1nc2c(ncn2[C@H]2[C@H](O)[C@@H]3OP(=O)(O)OC[C@H]4O[C@@H](n5cnc6c(N)ncnc65)[C@H](F)[C@@H]4OP(O)(=S)OCC34C[C@H]24)c(=O)[nH]1. The highest BCUT2D eigenvalue weighted by atomic mass is 32.5. The van der Waals surface area contributed by atoms with E-state index in [1.54, 1.807) is 0 Å². The second-order valence-corrected chi connectivity index (χ2v) is 15.7. The molecule has 2 aliphatic carbocycles. The van der Waals surface area contributed by atoms with Crippen LogP contribution in [0.25, 0.3) is 22.3 Å². The molecule has 11 atom stereocenters. The molecule has 0 bridgehead atoms. The number of imidazole rings is 2. The van der Waals surface area contributed by atoms with Gasteiger partial charge in [-0.1, -0.05) is 0 Å². The van der Waals surface area contributed by atoms with E-state index in [2.05, 4.69) is 29.9 Å². The minimum absolute atomic E-state index is 0.0418. The molecule has 0 amide bonds. The summed E-state index contributed by atoms with van der Waals surface area (Å²) in [6, 6.07) is -0.878. The molecule has 2 saturated carbocycles. The van der Waals surface area contributed by atoms with Gasteiger partial charge in [0.2, 0.25) is 5.95 Å². The van der Waals surface area contributed by atoms with Crippen molar-refractivity contribution < 1.29 is 46.7 Å². The second-order valence-electron chi connectivity index (χ2n) is 11.5. The number of phosphoric acid groups is 1. The van der Waals surface area contributed by atoms with Crippen LogP contribution in [0.3, 0.4) is 0 Å².